The van der Waals surface area contributed by atoms with Gasteiger partial charge in [-0.05, 0) is 44.0 Å². The number of halogens is 1. The van der Waals surface area contributed by atoms with E-state index in [1.54, 1.807) is 16.7 Å². The Hall–Kier alpha value is -3.23. The minimum absolute atomic E-state index is 0.0602. The third kappa shape index (κ3) is 5.29. The number of hydrogen-bond donors (Lipinski definition) is 1. The number of nitrogens with zero attached hydrogens (tertiary/aromatic N) is 4. The molecule has 0 spiro atoms. The molecule has 4 rings (SSSR count). The summed E-state index contributed by atoms with van der Waals surface area (Å²) in [7, 11) is 0. The highest BCUT2D eigenvalue weighted by Gasteiger charge is 2.18. The SMILES string of the molecule is CC(C)OCCCNC(=O)CCc1nnc2n(Cc3ccccc3Cl)c(=O)c3ccccc3n12. The van der Waals surface area contributed by atoms with E-state index in [-0.39, 0.29) is 30.5 Å². The van der Waals surface area contributed by atoms with Crippen molar-refractivity contribution in [1.29, 1.82) is 0 Å². The van der Waals surface area contributed by atoms with Crippen molar-refractivity contribution < 1.29 is 9.53 Å². The number of aryl methyl sites for hydroxylation is 1. The molecule has 0 radical (unpaired) electrons. The Balaban J connectivity index is 1.59. The van der Waals surface area contributed by atoms with Crippen molar-refractivity contribution in [3.05, 3.63) is 75.3 Å². The molecule has 34 heavy (non-hydrogen) atoms. The normalized spacial score (nSPS) is 11.5. The summed E-state index contributed by atoms with van der Waals surface area (Å²) in [4.78, 5) is 25.7. The van der Waals surface area contributed by atoms with Crippen molar-refractivity contribution >= 4 is 34.2 Å². The van der Waals surface area contributed by atoms with Crippen LogP contribution in [-0.2, 0) is 22.5 Å². The van der Waals surface area contributed by atoms with Gasteiger partial charge in [-0.25, -0.2) is 0 Å². The molecule has 0 fully saturated rings. The van der Waals surface area contributed by atoms with Crippen molar-refractivity contribution in [1.82, 2.24) is 24.5 Å². The van der Waals surface area contributed by atoms with E-state index >= 15 is 0 Å². The van der Waals surface area contributed by atoms with Crippen LogP contribution in [0.15, 0.2) is 53.3 Å². The molecule has 0 aliphatic carbocycles. The first kappa shape index (κ1) is 23.9. The van der Waals surface area contributed by atoms with Gasteiger partial charge < -0.3 is 10.1 Å². The monoisotopic (exact) mass is 481 g/mol. The fourth-order valence-corrected chi connectivity index (χ4v) is 4.04. The van der Waals surface area contributed by atoms with Crippen LogP contribution in [0.25, 0.3) is 16.7 Å². The second-order valence-electron chi connectivity index (χ2n) is 8.37. The van der Waals surface area contributed by atoms with Crippen molar-refractivity contribution in [3.63, 3.8) is 0 Å². The predicted octanol–water partition coefficient (Wildman–Crippen LogP) is 3.61. The average Bonchev–Trinajstić information content (AvgIpc) is 3.25. The molecule has 0 bridgehead atoms. The number of amides is 1. The lowest BCUT2D eigenvalue weighted by Crippen LogP contribution is -2.26. The highest BCUT2D eigenvalue weighted by Crippen LogP contribution is 2.19. The van der Waals surface area contributed by atoms with Gasteiger partial charge in [0.15, 0.2) is 0 Å². The van der Waals surface area contributed by atoms with E-state index in [9.17, 15) is 9.59 Å². The first-order chi connectivity index (χ1) is 16.5. The van der Waals surface area contributed by atoms with Crippen LogP contribution >= 0.6 is 11.6 Å². The Morgan fingerprint density at radius 2 is 1.88 bits per heavy atom. The summed E-state index contributed by atoms with van der Waals surface area (Å²) in [6.07, 6.45) is 1.60. The molecule has 2 heterocycles. The number of fused-ring (bicyclic) bond motifs is 3. The van der Waals surface area contributed by atoms with Gasteiger partial charge in [0.25, 0.3) is 5.56 Å². The Bertz CT molecular complexity index is 1360. The summed E-state index contributed by atoms with van der Waals surface area (Å²) in [5.74, 6) is 0.984. The molecular formula is C25H28ClN5O3. The number of benzene rings is 2. The molecule has 2 aromatic carbocycles. The fraction of sp³-hybridized carbons (Fsp3) is 0.360. The van der Waals surface area contributed by atoms with Gasteiger partial charge in [0, 0.05) is 31.0 Å². The Labute approximate surface area is 202 Å². The fourth-order valence-electron chi connectivity index (χ4n) is 3.85. The molecule has 0 saturated heterocycles. The summed E-state index contributed by atoms with van der Waals surface area (Å²) in [5, 5.41) is 12.7. The zero-order chi connectivity index (χ0) is 24.1. The van der Waals surface area contributed by atoms with Crippen molar-refractivity contribution in [2.24, 2.45) is 0 Å². The minimum Gasteiger partial charge on any atom is -0.379 e. The zero-order valence-electron chi connectivity index (χ0n) is 19.3. The molecule has 2 aromatic heterocycles. The summed E-state index contributed by atoms with van der Waals surface area (Å²) >= 11 is 6.35. The van der Waals surface area contributed by atoms with Crippen LogP contribution in [0.3, 0.4) is 0 Å². The highest BCUT2D eigenvalue weighted by molar-refractivity contribution is 6.31. The number of para-hydroxylation sites is 1. The van der Waals surface area contributed by atoms with Gasteiger partial charge in [-0.2, -0.15) is 0 Å². The first-order valence-electron chi connectivity index (χ1n) is 11.4. The van der Waals surface area contributed by atoms with Gasteiger partial charge in [0.05, 0.1) is 23.6 Å². The molecule has 0 atom stereocenters. The van der Waals surface area contributed by atoms with E-state index in [1.807, 2.05) is 54.6 Å². The molecule has 178 valence electrons. The van der Waals surface area contributed by atoms with Gasteiger partial charge in [-0.3, -0.25) is 18.6 Å². The lowest BCUT2D eigenvalue weighted by molar-refractivity contribution is -0.121. The van der Waals surface area contributed by atoms with E-state index in [4.69, 9.17) is 16.3 Å². The van der Waals surface area contributed by atoms with E-state index in [0.29, 0.717) is 47.1 Å². The van der Waals surface area contributed by atoms with Crippen molar-refractivity contribution in [2.45, 2.75) is 45.8 Å². The average molecular weight is 482 g/mol. The van der Waals surface area contributed by atoms with Gasteiger partial charge >= 0.3 is 0 Å². The molecule has 1 N–H and O–H groups in total. The molecule has 0 aliphatic rings. The summed E-state index contributed by atoms with van der Waals surface area (Å²) in [6.45, 7) is 5.41. The van der Waals surface area contributed by atoms with Crippen LogP contribution < -0.4 is 10.9 Å². The van der Waals surface area contributed by atoms with E-state index < -0.39 is 0 Å². The topological polar surface area (TPSA) is 90.5 Å². The van der Waals surface area contributed by atoms with Gasteiger partial charge in [-0.1, -0.05) is 41.9 Å². The quantitative estimate of drug-likeness (QED) is 0.349. The van der Waals surface area contributed by atoms with Crippen molar-refractivity contribution in [3.8, 4) is 0 Å². The molecule has 4 aromatic rings. The third-order valence-corrected chi connectivity index (χ3v) is 5.90. The summed E-state index contributed by atoms with van der Waals surface area (Å²) in [5.41, 5.74) is 1.36. The van der Waals surface area contributed by atoms with Gasteiger partial charge in [0.2, 0.25) is 11.7 Å². The second kappa shape index (κ2) is 10.8. The smallest absolute Gasteiger partial charge is 0.263 e. The number of hydrogen-bond acceptors (Lipinski definition) is 5. The van der Waals surface area contributed by atoms with E-state index in [1.165, 1.54) is 0 Å². The molecular weight excluding hydrogens is 454 g/mol. The van der Waals surface area contributed by atoms with Gasteiger partial charge in [-0.15, -0.1) is 10.2 Å². The van der Waals surface area contributed by atoms with E-state index in [0.717, 1.165) is 12.0 Å². The summed E-state index contributed by atoms with van der Waals surface area (Å²) < 4.78 is 8.93. The van der Waals surface area contributed by atoms with Crippen LogP contribution in [-0.4, -0.2) is 44.3 Å². The van der Waals surface area contributed by atoms with Gasteiger partial charge in [0.1, 0.15) is 5.82 Å². The maximum absolute atomic E-state index is 13.3. The third-order valence-electron chi connectivity index (χ3n) is 5.53. The highest BCUT2D eigenvalue weighted by atomic mass is 35.5. The number of rotatable bonds is 10. The lowest BCUT2D eigenvalue weighted by Gasteiger charge is -2.12. The molecule has 8 nitrogen and oxygen atoms in total. The van der Waals surface area contributed by atoms with Crippen LogP contribution in [0.4, 0.5) is 0 Å². The number of ether oxygens (including phenoxy) is 1. The number of nitrogens with one attached hydrogen (secondary N) is 1. The van der Waals surface area contributed by atoms with Crippen LogP contribution in [0.2, 0.25) is 5.02 Å². The standard InChI is InChI=1S/C25H28ClN5O3/c1-17(2)34-15-7-14-27-23(32)13-12-22-28-29-25-30(16-18-8-3-5-10-20(18)26)24(33)19-9-4-6-11-21(19)31(22)25/h3-6,8-11,17H,7,12-16H2,1-2H3,(H,27,32). The van der Waals surface area contributed by atoms with Crippen LogP contribution in [0.1, 0.15) is 38.1 Å². The maximum Gasteiger partial charge on any atom is 0.263 e. The lowest BCUT2D eigenvalue weighted by atomic mass is 10.2. The van der Waals surface area contributed by atoms with Crippen molar-refractivity contribution in [2.75, 3.05) is 13.2 Å². The Morgan fingerprint density at radius 1 is 1.12 bits per heavy atom. The molecule has 0 saturated carbocycles. The number of aromatic nitrogens is 4. The van der Waals surface area contributed by atoms with E-state index in [2.05, 4.69) is 15.5 Å². The second-order valence-corrected chi connectivity index (χ2v) is 8.78. The predicted molar refractivity (Wildman–Crippen MR) is 132 cm³/mol. The molecule has 0 aliphatic heterocycles. The molecule has 9 heteroatoms. The van der Waals surface area contributed by atoms with Crippen LogP contribution in [0.5, 0.6) is 0 Å². The minimum atomic E-state index is -0.164. The Kier molecular flexibility index (Phi) is 7.59. The first-order valence-corrected chi connectivity index (χ1v) is 11.8. The van der Waals surface area contributed by atoms with Crippen LogP contribution in [0, 0.1) is 0 Å². The largest absolute Gasteiger partial charge is 0.379 e. The molecule has 1 amide bonds. The maximum atomic E-state index is 13.3. The number of carbonyl (C=O) groups is 1. The Morgan fingerprint density at radius 3 is 2.68 bits per heavy atom. The zero-order valence-corrected chi connectivity index (χ0v) is 20.1. The molecule has 0 unspecified atom stereocenters. The number of carbonyl (C=O) groups excluding carboxylic acids is 1. The summed E-state index contributed by atoms with van der Waals surface area (Å²) in [6, 6.07) is 14.8.